The summed E-state index contributed by atoms with van der Waals surface area (Å²) in [4.78, 5) is 40.6. The van der Waals surface area contributed by atoms with Gasteiger partial charge in [0.15, 0.2) is 0 Å². The zero-order chi connectivity index (χ0) is 20.8. The van der Waals surface area contributed by atoms with E-state index < -0.39 is 29.8 Å². The Morgan fingerprint density at radius 1 is 1.37 bits per heavy atom. The second kappa shape index (κ2) is 9.89. The number of carbonyl (C=O) groups is 3. The van der Waals surface area contributed by atoms with Crippen LogP contribution in [0.25, 0.3) is 0 Å². The zero-order valence-corrected chi connectivity index (χ0v) is 17.2. The third-order valence-electron chi connectivity index (χ3n) is 4.20. The molecule has 1 rings (SSSR count). The summed E-state index contributed by atoms with van der Waals surface area (Å²) in [6.45, 7) is 9.34. The van der Waals surface area contributed by atoms with Crippen LogP contribution >= 0.6 is 0 Å². The molecule has 0 aromatic heterocycles. The van der Waals surface area contributed by atoms with Gasteiger partial charge in [0.2, 0.25) is 5.91 Å². The molecule has 9 nitrogen and oxygen atoms in total. The Morgan fingerprint density at radius 2 is 2.00 bits per heavy atom. The third-order valence-corrected chi connectivity index (χ3v) is 4.20. The molecule has 0 radical (unpaired) electrons. The van der Waals surface area contributed by atoms with Gasteiger partial charge >= 0.3 is 6.09 Å². The normalized spacial score (nSPS) is 20.8. The topological polar surface area (TPSA) is 108 Å². The summed E-state index contributed by atoms with van der Waals surface area (Å²) in [6, 6.07) is -0.787. The number of amides is 3. The molecule has 1 aliphatic rings. The van der Waals surface area contributed by atoms with E-state index in [1.807, 2.05) is 13.8 Å². The highest BCUT2D eigenvalue weighted by molar-refractivity contribution is 5.92. The fourth-order valence-electron chi connectivity index (χ4n) is 2.84. The van der Waals surface area contributed by atoms with Crippen molar-refractivity contribution in [3.05, 3.63) is 0 Å². The van der Waals surface area contributed by atoms with Crippen molar-refractivity contribution in [3.8, 4) is 0 Å². The van der Waals surface area contributed by atoms with Crippen LogP contribution in [0.3, 0.4) is 0 Å². The van der Waals surface area contributed by atoms with Crippen LogP contribution in [0.2, 0.25) is 0 Å². The summed E-state index contributed by atoms with van der Waals surface area (Å²) in [5.41, 5.74) is -1.68. The first-order valence-electron chi connectivity index (χ1n) is 9.29. The lowest BCUT2D eigenvalue weighted by molar-refractivity contribution is -0.167. The van der Waals surface area contributed by atoms with Gasteiger partial charge in [0.25, 0.3) is 5.91 Å². The van der Waals surface area contributed by atoms with E-state index in [1.54, 1.807) is 11.8 Å². The lowest BCUT2D eigenvalue weighted by Crippen LogP contribution is -2.70. The molecule has 0 aromatic carbocycles. The van der Waals surface area contributed by atoms with Crippen molar-refractivity contribution >= 4 is 17.9 Å². The smallest absolute Gasteiger partial charge is 0.408 e. The average molecular weight is 387 g/mol. The first-order chi connectivity index (χ1) is 12.5. The predicted molar refractivity (Wildman–Crippen MR) is 98.8 cm³/mol. The van der Waals surface area contributed by atoms with Gasteiger partial charge in [-0.3, -0.25) is 14.9 Å². The number of carbonyl (C=O) groups excluding carboxylic acids is 3. The molecule has 0 aromatic rings. The monoisotopic (exact) mass is 387 g/mol. The number of ether oxygens (including phenoxy) is 2. The number of methoxy groups -OCH3 is 1. The number of hydrogen-bond donors (Lipinski definition) is 2. The summed E-state index contributed by atoms with van der Waals surface area (Å²) in [7, 11) is 1.54. The standard InChI is InChI=1S/C18H33N3O6/c1-7-13-15(22)20(8-9-26-6)10-14(19-17(24)27-11-12(2)3)21(13)16(23)18(4,5)25/h12-14,25H,7-11H2,1-6H3,(H,19,24)/t13-,14?/m0/s1. The number of alkyl carbamates (subject to hydrolysis) is 1. The fourth-order valence-corrected chi connectivity index (χ4v) is 2.84. The lowest BCUT2D eigenvalue weighted by atomic mass is 10.0. The van der Waals surface area contributed by atoms with Gasteiger partial charge in [-0.25, -0.2) is 4.79 Å². The lowest BCUT2D eigenvalue weighted by Gasteiger charge is -2.47. The van der Waals surface area contributed by atoms with Crippen LogP contribution in [-0.4, -0.2) is 84.0 Å². The second-order valence-corrected chi connectivity index (χ2v) is 7.62. The molecule has 0 bridgehead atoms. The maximum absolute atomic E-state index is 12.8. The zero-order valence-electron chi connectivity index (χ0n) is 17.2. The highest BCUT2D eigenvalue weighted by Crippen LogP contribution is 2.22. The van der Waals surface area contributed by atoms with Gasteiger partial charge in [-0.15, -0.1) is 0 Å². The second-order valence-electron chi connectivity index (χ2n) is 7.62. The van der Waals surface area contributed by atoms with E-state index in [1.165, 1.54) is 25.9 Å². The third kappa shape index (κ3) is 6.35. The van der Waals surface area contributed by atoms with Crippen LogP contribution in [0, 0.1) is 5.92 Å². The van der Waals surface area contributed by atoms with Crippen molar-refractivity contribution in [2.24, 2.45) is 5.92 Å². The molecule has 0 aliphatic carbocycles. The Hall–Kier alpha value is -1.87. The first-order valence-corrected chi connectivity index (χ1v) is 9.29. The Morgan fingerprint density at radius 3 is 2.48 bits per heavy atom. The Labute approximate surface area is 161 Å². The minimum Gasteiger partial charge on any atom is -0.449 e. The number of hydrogen-bond acceptors (Lipinski definition) is 6. The fraction of sp³-hybridized carbons (Fsp3) is 0.833. The molecule has 2 atom stereocenters. The molecule has 1 aliphatic heterocycles. The summed E-state index contributed by atoms with van der Waals surface area (Å²) in [6.07, 6.45) is -1.12. The van der Waals surface area contributed by atoms with Gasteiger partial charge in [0.1, 0.15) is 17.8 Å². The van der Waals surface area contributed by atoms with Crippen LogP contribution in [0.15, 0.2) is 0 Å². The summed E-state index contributed by atoms with van der Waals surface area (Å²) < 4.78 is 10.2. The van der Waals surface area contributed by atoms with E-state index in [-0.39, 0.29) is 25.0 Å². The molecule has 0 saturated carbocycles. The molecular weight excluding hydrogens is 354 g/mol. The van der Waals surface area contributed by atoms with Crippen LogP contribution in [0.4, 0.5) is 4.79 Å². The van der Waals surface area contributed by atoms with Crippen molar-refractivity contribution in [1.82, 2.24) is 15.1 Å². The number of nitrogens with one attached hydrogen (secondary N) is 1. The molecule has 27 heavy (non-hydrogen) atoms. The van der Waals surface area contributed by atoms with E-state index in [0.717, 1.165) is 0 Å². The van der Waals surface area contributed by atoms with Gasteiger partial charge in [-0.05, 0) is 26.2 Å². The van der Waals surface area contributed by atoms with Crippen molar-refractivity contribution < 1.29 is 29.0 Å². The number of nitrogens with zero attached hydrogens (tertiary/aromatic N) is 2. The van der Waals surface area contributed by atoms with Crippen LogP contribution in [0.1, 0.15) is 41.0 Å². The predicted octanol–water partition coefficient (Wildman–Crippen LogP) is 0.561. The van der Waals surface area contributed by atoms with E-state index in [2.05, 4.69) is 5.32 Å². The highest BCUT2D eigenvalue weighted by Gasteiger charge is 2.46. The average Bonchev–Trinajstić information content (AvgIpc) is 2.58. The molecule has 3 amide bonds. The molecule has 156 valence electrons. The minimum atomic E-state index is -1.68. The van der Waals surface area contributed by atoms with E-state index >= 15 is 0 Å². The molecule has 1 unspecified atom stereocenters. The van der Waals surface area contributed by atoms with E-state index in [9.17, 15) is 19.5 Å². The number of aliphatic hydroxyl groups is 1. The Kier molecular flexibility index (Phi) is 8.49. The maximum atomic E-state index is 12.8. The Bertz CT molecular complexity index is 532. The van der Waals surface area contributed by atoms with Gasteiger partial charge in [-0.2, -0.15) is 0 Å². The van der Waals surface area contributed by atoms with E-state index in [4.69, 9.17) is 9.47 Å². The molecule has 1 saturated heterocycles. The van der Waals surface area contributed by atoms with Gasteiger partial charge in [0.05, 0.1) is 19.8 Å². The van der Waals surface area contributed by atoms with E-state index in [0.29, 0.717) is 19.6 Å². The molecule has 2 N–H and O–H groups in total. The van der Waals surface area contributed by atoms with Gasteiger partial charge in [0, 0.05) is 13.7 Å². The molecular formula is C18H33N3O6. The van der Waals surface area contributed by atoms with Crippen LogP contribution in [0.5, 0.6) is 0 Å². The number of piperazine rings is 1. The summed E-state index contributed by atoms with van der Waals surface area (Å²) >= 11 is 0. The van der Waals surface area contributed by atoms with Crippen molar-refractivity contribution in [2.45, 2.75) is 58.8 Å². The highest BCUT2D eigenvalue weighted by atomic mass is 16.5. The van der Waals surface area contributed by atoms with Crippen molar-refractivity contribution in [2.75, 3.05) is 33.4 Å². The minimum absolute atomic E-state index is 0.0945. The first kappa shape index (κ1) is 23.2. The largest absolute Gasteiger partial charge is 0.449 e. The van der Waals surface area contributed by atoms with Crippen LogP contribution in [-0.2, 0) is 19.1 Å². The molecule has 9 heteroatoms. The molecule has 0 spiro atoms. The van der Waals surface area contributed by atoms with Gasteiger partial charge in [-0.1, -0.05) is 20.8 Å². The van der Waals surface area contributed by atoms with Crippen molar-refractivity contribution in [1.29, 1.82) is 0 Å². The molecule has 1 heterocycles. The SMILES string of the molecule is CC[C@H]1C(=O)N(CCOC)CC(NC(=O)OCC(C)C)N1C(=O)C(C)(C)O. The summed E-state index contributed by atoms with van der Waals surface area (Å²) in [5.74, 6) is -0.691. The quantitative estimate of drug-likeness (QED) is 0.630. The number of rotatable bonds is 8. The van der Waals surface area contributed by atoms with Crippen molar-refractivity contribution in [3.63, 3.8) is 0 Å². The maximum Gasteiger partial charge on any atom is 0.408 e. The van der Waals surface area contributed by atoms with Crippen LogP contribution < -0.4 is 5.32 Å². The summed E-state index contributed by atoms with van der Waals surface area (Å²) in [5, 5.41) is 12.9. The molecule has 1 fully saturated rings. The van der Waals surface area contributed by atoms with Gasteiger partial charge < -0.3 is 24.4 Å². The Balaban J connectivity index is 3.09.